The lowest BCUT2D eigenvalue weighted by Gasteiger charge is -2.11. The molecular formula is C20H20N2O4. The van der Waals surface area contributed by atoms with Crippen molar-refractivity contribution in [1.29, 1.82) is 0 Å². The predicted molar refractivity (Wildman–Crippen MR) is 98.2 cm³/mol. The van der Waals surface area contributed by atoms with Crippen molar-refractivity contribution in [3.8, 4) is 5.75 Å². The van der Waals surface area contributed by atoms with Gasteiger partial charge in [0, 0.05) is 16.5 Å². The fraction of sp³-hybridized carbons (Fsp3) is 0.200. The van der Waals surface area contributed by atoms with Crippen LogP contribution in [0.3, 0.4) is 0 Å². The van der Waals surface area contributed by atoms with Gasteiger partial charge in [0.25, 0.3) is 5.91 Å². The average Bonchev–Trinajstić information content (AvgIpc) is 3.07. The second-order valence-electron chi connectivity index (χ2n) is 5.89. The summed E-state index contributed by atoms with van der Waals surface area (Å²) in [6, 6.07) is 13.4. The molecule has 1 atom stereocenters. The third-order valence-corrected chi connectivity index (χ3v) is 4.03. The van der Waals surface area contributed by atoms with Crippen LogP contribution in [0.1, 0.15) is 46.4 Å². The fourth-order valence-electron chi connectivity index (χ4n) is 2.68. The number of furan rings is 1. The molecule has 0 fully saturated rings. The molecule has 0 aliphatic heterocycles. The van der Waals surface area contributed by atoms with Gasteiger partial charge >= 0.3 is 0 Å². The van der Waals surface area contributed by atoms with E-state index in [1.54, 1.807) is 12.1 Å². The molecule has 134 valence electrons. The largest absolute Gasteiger partial charge is 0.490 e. The quantitative estimate of drug-likeness (QED) is 0.710. The van der Waals surface area contributed by atoms with Crippen LogP contribution in [0.15, 0.2) is 52.9 Å². The topological polar surface area (TPSA) is 94.6 Å². The fourth-order valence-corrected chi connectivity index (χ4v) is 2.68. The van der Waals surface area contributed by atoms with E-state index in [9.17, 15) is 9.59 Å². The maximum atomic E-state index is 12.4. The second kappa shape index (κ2) is 7.31. The Bertz CT molecular complexity index is 944. The van der Waals surface area contributed by atoms with Crippen LogP contribution in [0.2, 0.25) is 0 Å². The van der Waals surface area contributed by atoms with Gasteiger partial charge in [0.2, 0.25) is 5.91 Å². The number of benzene rings is 2. The predicted octanol–water partition coefficient (Wildman–Crippen LogP) is 3.42. The summed E-state index contributed by atoms with van der Waals surface area (Å²) in [7, 11) is 0. The van der Waals surface area contributed by atoms with Crippen molar-refractivity contribution >= 4 is 22.8 Å². The number of primary amides is 1. The number of hydrogen-bond acceptors (Lipinski definition) is 4. The molecule has 0 saturated heterocycles. The van der Waals surface area contributed by atoms with E-state index in [0.717, 1.165) is 5.39 Å². The van der Waals surface area contributed by atoms with Gasteiger partial charge in [0.15, 0.2) is 11.3 Å². The molecule has 6 nitrogen and oxygen atoms in total. The van der Waals surface area contributed by atoms with Crippen LogP contribution in [0.25, 0.3) is 11.0 Å². The lowest BCUT2D eigenvalue weighted by Crippen LogP contribution is -2.26. The number of ether oxygens (including phenoxy) is 1. The van der Waals surface area contributed by atoms with Crippen LogP contribution in [0.5, 0.6) is 5.75 Å². The molecular weight excluding hydrogens is 332 g/mol. The highest BCUT2D eigenvalue weighted by Crippen LogP contribution is 2.31. The molecule has 0 saturated carbocycles. The minimum absolute atomic E-state index is 0.265. The van der Waals surface area contributed by atoms with E-state index in [-0.39, 0.29) is 11.9 Å². The highest BCUT2D eigenvalue weighted by atomic mass is 16.5. The Morgan fingerprint density at radius 2 is 1.85 bits per heavy atom. The number of nitrogens with two attached hydrogens (primary N) is 1. The van der Waals surface area contributed by atoms with Crippen molar-refractivity contribution < 1.29 is 18.7 Å². The first kappa shape index (κ1) is 17.5. The van der Waals surface area contributed by atoms with E-state index in [1.807, 2.05) is 38.1 Å². The Morgan fingerprint density at radius 1 is 1.15 bits per heavy atom. The summed E-state index contributed by atoms with van der Waals surface area (Å²) in [5.41, 5.74) is 6.66. The Balaban J connectivity index is 1.77. The van der Waals surface area contributed by atoms with E-state index in [2.05, 4.69) is 5.32 Å². The SMILES string of the molecule is CCOc1cccc2cc(C(C)NC(=O)c3ccc(C(N)=O)cc3)oc12. The first-order chi connectivity index (χ1) is 12.5. The number of nitrogens with one attached hydrogen (secondary N) is 1. The molecule has 3 N–H and O–H groups in total. The second-order valence-corrected chi connectivity index (χ2v) is 5.89. The normalized spacial score (nSPS) is 11.9. The third kappa shape index (κ3) is 3.54. The van der Waals surface area contributed by atoms with Crippen LogP contribution < -0.4 is 15.8 Å². The molecule has 3 rings (SSSR count). The molecule has 2 amide bonds. The maximum absolute atomic E-state index is 12.4. The molecule has 0 spiro atoms. The lowest BCUT2D eigenvalue weighted by molar-refractivity contribution is 0.0933. The number of amides is 2. The monoisotopic (exact) mass is 352 g/mol. The highest BCUT2D eigenvalue weighted by Gasteiger charge is 2.17. The lowest BCUT2D eigenvalue weighted by atomic mass is 10.1. The van der Waals surface area contributed by atoms with Gasteiger partial charge < -0.3 is 20.2 Å². The molecule has 0 aliphatic rings. The number of hydrogen-bond donors (Lipinski definition) is 2. The van der Waals surface area contributed by atoms with Crippen molar-refractivity contribution in [3.63, 3.8) is 0 Å². The van der Waals surface area contributed by atoms with Gasteiger partial charge in [-0.05, 0) is 50.2 Å². The van der Waals surface area contributed by atoms with Crippen molar-refractivity contribution in [1.82, 2.24) is 5.32 Å². The van der Waals surface area contributed by atoms with E-state index >= 15 is 0 Å². The molecule has 6 heteroatoms. The third-order valence-electron chi connectivity index (χ3n) is 4.03. The summed E-state index contributed by atoms with van der Waals surface area (Å²) in [6.45, 7) is 4.30. The standard InChI is InChI=1S/C20H20N2O4/c1-3-25-16-6-4-5-15-11-17(26-18(15)16)12(2)22-20(24)14-9-7-13(8-10-14)19(21)23/h4-12H,3H2,1-2H3,(H2,21,23)(H,22,24). The van der Waals surface area contributed by atoms with Crippen LogP contribution in [0.4, 0.5) is 0 Å². The van der Waals surface area contributed by atoms with Crippen molar-refractivity contribution in [2.24, 2.45) is 5.73 Å². The summed E-state index contributed by atoms with van der Waals surface area (Å²) < 4.78 is 11.5. The Labute approximate surface area is 150 Å². The summed E-state index contributed by atoms with van der Waals surface area (Å²) in [4.78, 5) is 23.5. The van der Waals surface area contributed by atoms with Crippen molar-refractivity contribution in [3.05, 3.63) is 65.4 Å². The van der Waals surface area contributed by atoms with Crippen molar-refractivity contribution in [2.75, 3.05) is 6.61 Å². The number of para-hydroxylation sites is 1. The van der Waals surface area contributed by atoms with Crippen LogP contribution in [-0.2, 0) is 0 Å². The van der Waals surface area contributed by atoms with E-state index in [0.29, 0.717) is 34.8 Å². The Kier molecular flexibility index (Phi) is 4.93. The number of fused-ring (bicyclic) bond motifs is 1. The maximum Gasteiger partial charge on any atom is 0.251 e. The van der Waals surface area contributed by atoms with Gasteiger partial charge in [0.1, 0.15) is 5.76 Å². The minimum Gasteiger partial charge on any atom is -0.490 e. The zero-order valence-electron chi connectivity index (χ0n) is 14.6. The minimum atomic E-state index is -0.530. The van der Waals surface area contributed by atoms with E-state index in [1.165, 1.54) is 12.1 Å². The smallest absolute Gasteiger partial charge is 0.251 e. The number of carbonyl (C=O) groups is 2. The molecule has 1 unspecified atom stereocenters. The summed E-state index contributed by atoms with van der Waals surface area (Å²) in [5, 5.41) is 3.80. The van der Waals surface area contributed by atoms with Crippen molar-refractivity contribution in [2.45, 2.75) is 19.9 Å². The Hall–Kier alpha value is -3.28. The van der Waals surface area contributed by atoms with Gasteiger partial charge in [-0.2, -0.15) is 0 Å². The summed E-state index contributed by atoms with van der Waals surface area (Å²) in [6.07, 6.45) is 0. The van der Waals surface area contributed by atoms with Crippen LogP contribution in [-0.4, -0.2) is 18.4 Å². The zero-order valence-corrected chi connectivity index (χ0v) is 14.6. The van der Waals surface area contributed by atoms with Gasteiger partial charge in [-0.1, -0.05) is 12.1 Å². The molecule has 1 heterocycles. The van der Waals surface area contributed by atoms with Crippen LogP contribution >= 0.6 is 0 Å². The number of carbonyl (C=O) groups excluding carboxylic acids is 2. The van der Waals surface area contributed by atoms with Gasteiger partial charge in [-0.25, -0.2) is 0 Å². The molecule has 0 radical (unpaired) electrons. The van der Waals surface area contributed by atoms with Gasteiger partial charge in [-0.15, -0.1) is 0 Å². The summed E-state index contributed by atoms with van der Waals surface area (Å²) in [5.74, 6) is 0.516. The molecule has 2 aromatic carbocycles. The van der Waals surface area contributed by atoms with E-state index < -0.39 is 5.91 Å². The molecule has 3 aromatic rings. The molecule has 26 heavy (non-hydrogen) atoms. The molecule has 0 bridgehead atoms. The average molecular weight is 352 g/mol. The first-order valence-electron chi connectivity index (χ1n) is 8.35. The summed E-state index contributed by atoms with van der Waals surface area (Å²) >= 11 is 0. The van der Waals surface area contributed by atoms with Crippen LogP contribution in [0, 0.1) is 0 Å². The zero-order chi connectivity index (χ0) is 18.7. The van der Waals surface area contributed by atoms with E-state index in [4.69, 9.17) is 14.9 Å². The first-order valence-corrected chi connectivity index (χ1v) is 8.35. The highest BCUT2D eigenvalue weighted by molar-refractivity contribution is 5.97. The molecule has 0 aliphatic carbocycles. The Morgan fingerprint density at radius 3 is 2.50 bits per heavy atom. The number of rotatable bonds is 6. The molecule has 1 aromatic heterocycles. The van der Waals surface area contributed by atoms with Gasteiger partial charge in [0.05, 0.1) is 12.6 Å². The van der Waals surface area contributed by atoms with Gasteiger partial charge in [-0.3, -0.25) is 9.59 Å².